The Bertz CT molecular complexity index is 1400. The van der Waals surface area contributed by atoms with Crippen LogP contribution in [0.2, 0.25) is 0 Å². The van der Waals surface area contributed by atoms with Gasteiger partial charge in [0.25, 0.3) is 0 Å². The Kier molecular flexibility index (Phi) is 9.43. The van der Waals surface area contributed by atoms with Crippen LogP contribution in [-0.4, -0.2) is 14.2 Å². The van der Waals surface area contributed by atoms with Gasteiger partial charge in [0.1, 0.15) is 0 Å². The zero-order valence-electron chi connectivity index (χ0n) is 29.3. The minimum atomic E-state index is -1.10. The molecule has 2 aromatic carbocycles. The molecule has 0 N–H and O–H groups in total. The second-order valence-corrected chi connectivity index (χ2v) is 19.9. The van der Waals surface area contributed by atoms with Crippen LogP contribution in [0.3, 0.4) is 0 Å². The van der Waals surface area contributed by atoms with Crippen molar-refractivity contribution in [2.24, 2.45) is 0 Å². The first-order chi connectivity index (χ1) is 19.8. The zero-order chi connectivity index (χ0) is 32.1. The summed E-state index contributed by atoms with van der Waals surface area (Å²) in [5, 5.41) is 0. The summed E-state index contributed by atoms with van der Waals surface area (Å²) < 4.78 is 15.7. The van der Waals surface area contributed by atoms with Crippen LogP contribution in [-0.2, 0) is 44.9 Å². The fourth-order valence-electron chi connectivity index (χ4n) is 6.01. The molecule has 0 bridgehead atoms. The Morgan fingerprint density at radius 3 is 1.14 bits per heavy atom. The number of rotatable bonds is 6. The van der Waals surface area contributed by atoms with Crippen LogP contribution < -0.4 is 9.47 Å². The third-order valence-electron chi connectivity index (χ3n) is 8.68. The Balaban J connectivity index is 1.93. The zero-order valence-corrected chi connectivity index (χ0v) is 31.8. The van der Waals surface area contributed by atoms with E-state index in [4.69, 9.17) is 9.47 Å². The monoisotopic (exact) mass is 656 g/mol. The molecular weight excluding hydrogens is 604 g/mol. The first kappa shape index (κ1) is 33.8. The standard InChI is InChI=1S/2C20H27O.Zr/c2*1-19(2,3)15-12-16(14-10-8-9-11-14)18(21-7)17(13-15)20(4,5)6;/h2*8,10,12-13H,9H2,1-7H3;. The molecule has 0 unspecified atom stereocenters. The van der Waals surface area contributed by atoms with Crippen molar-refractivity contribution < 1.29 is 32.7 Å². The van der Waals surface area contributed by atoms with Gasteiger partial charge in [-0.25, -0.2) is 0 Å². The van der Waals surface area contributed by atoms with Crippen LogP contribution in [0.15, 0.2) is 55.1 Å². The van der Waals surface area contributed by atoms with Gasteiger partial charge in [0.2, 0.25) is 0 Å². The summed E-state index contributed by atoms with van der Waals surface area (Å²) in [4.78, 5) is 0. The molecule has 0 spiro atoms. The molecular formula is C40H54O2Zr. The van der Waals surface area contributed by atoms with Crippen molar-refractivity contribution in [3.63, 3.8) is 0 Å². The molecule has 0 saturated heterocycles. The Labute approximate surface area is 274 Å². The molecule has 2 nitrogen and oxygen atoms in total. The topological polar surface area (TPSA) is 18.5 Å². The average molecular weight is 658 g/mol. The molecule has 0 heterocycles. The quantitative estimate of drug-likeness (QED) is 0.308. The molecule has 2 aliphatic rings. The molecule has 0 saturated carbocycles. The van der Waals surface area contributed by atoms with E-state index in [1.165, 1.54) is 44.5 Å². The predicted octanol–water partition coefficient (Wildman–Crippen LogP) is 11.0. The molecule has 43 heavy (non-hydrogen) atoms. The Morgan fingerprint density at radius 1 is 0.512 bits per heavy atom. The summed E-state index contributed by atoms with van der Waals surface area (Å²) in [5.41, 5.74) is 10.7. The number of ether oxygens (including phenoxy) is 2. The summed E-state index contributed by atoms with van der Waals surface area (Å²) in [6.45, 7) is 27.7. The van der Waals surface area contributed by atoms with Crippen molar-refractivity contribution in [3.8, 4) is 11.5 Å². The van der Waals surface area contributed by atoms with E-state index in [1.807, 2.05) is 14.2 Å². The van der Waals surface area contributed by atoms with E-state index in [0.29, 0.717) is 0 Å². The number of benzene rings is 2. The van der Waals surface area contributed by atoms with Crippen molar-refractivity contribution in [3.05, 3.63) is 88.5 Å². The second-order valence-electron chi connectivity index (χ2n) is 16.3. The third kappa shape index (κ3) is 7.08. The van der Waals surface area contributed by atoms with Gasteiger partial charge in [-0.1, -0.05) is 0 Å². The molecule has 230 valence electrons. The summed E-state index contributed by atoms with van der Waals surface area (Å²) in [7, 11) is 3.68. The van der Waals surface area contributed by atoms with Crippen molar-refractivity contribution >= 4 is 11.1 Å². The molecule has 0 amide bonds. The molecule has 0 atom stereocenters. The molecule has 0 aromatic heterocycles. The van der Waals surface area contributed by atoms with E-state index >= 15 is 0 Å². The van der Waals surface area contributed by atoms with E-state index in [-0.39, 0.29) is 21.7 Å². The van der Waals surface area contributed by atoms with E-state index in [0.717, 1.165) is 24.3 Å². The van der Waals surface area contributed by atoms with E-state index in [9.17, 15) is 0 Å². The van der Waals surface area contributed by atoms with E-state index in [2.05, 4.69) is 132 Å². The minimum absolute atomic E-state index is 0.0190. The summed E-state index contributed by atoms with van der Waals surface area (Å²) in [6, 6.07) is 9.58. The SMILES string of the molecule is COc1c(C2=[C]([Zr][C]3=C(c4cc(C(C)(C)C)cc(C(C)(C)C)c4OC)C=CC3)CC=C2)cc(C(C)(C)C)cc1C(C)(C)C. The van der Waals surface area contributed by atoms with Gasteiger partial charge in [-0.2, -0.15) is 0 Å². The van der Waals surface area contributed by atoms with Gasteiger partial charge in [0.05, 0.1) is 0 Å². The number of allylic oxidation sites excluding steroid dienone is 8. The van der Waals surface area contributed by atoms with Crippen LogP contribution in [0.4, 0.5) is 0 Å². The first-order valence-electron chi connectivity index (χ1n) is 15.8. The van der Waals surface area contributed by atoms with Gasteiger partial charge >= 0.3 is 276 Å². The van der Waals surface area contributed by atoms with Gasteiger partial charge in [0.15, 0.2) is 0 Å². The molecule has 0 aliphatic heterocycles. The van der Waals surface area contributed by atoms with Crippen molar-refractivity contribution in [2.45, 2.75) is 118 Å². The van der Waals surface area contributed by atoms with Crippen LogP contribution in [0.25, 0.3) is 11.1 Å². The molecule has 4 rings (SSSR count). The third-order valence-corrected chi connectivity index (χ3v) is 12.5. The van der Waals surface area contributed by atoms with Crippen molar-refractivity contribution in [2.75, 3.05) is 14.2 Å². The maximum atomic E-state index is 6.22. The average Bonchev–Trinajstić information content (AvgIpc) is 3.54. The maximum absolute atomic E-state index is 6.22. The predicted molar refractivity (Wildman–Crippen MR) is 182 cm³/mol. The molecule has 2 aromatic rings. The number of hydrogen-bond donors (Lipinski definition) is 0. The molecule has 0 radical (unpaired) electrons. The first-order valence-corrected chi connectivity index (χ1v) is 18.3. The molecule has 3 heteroatoms. The van der Waals surface area contributed by atoms with Gasteiger partial charge in [-0.05, 0) is 0 Å². The summed E-state index contributed by atoms with van der Waals surface area (Å²) in [5.74, 6) is 2.07. The van der Waals surface area contributed by atoms with Gasteiger partial charge < -0.3 is 0 Å². The van der Waals surface area contributed by atoms with E-state index < -0.39 is 23.2 Å². The normalized spacial score (nSPS) is 16.0. The second kappa shape index (κ2) is 12.0. The summed E-state index contributed by atoms with van der Waals surface area (Å²) in [6.07, 6.45) is 11.6. The number of methoxy groups -OCH3 is 2. The van der Waals surface area contributed by atoms with Crippen LogP contribution in [0.1, 0.15) is 129 Å². The Morgan fingerprint density at radius 2 is 0.860 bits per heavy atom. The van der Waals surface area contributed by atoms with Crippen LogP contribution >= 0.6 is 0 Å². The van der Waals surface area contributed by atoms with Gasteiger partial charge in [0, 0.05) is 0 Å². The van der Waals surface area contributed by atoms with Gasteiger partial charge in [-0.15, -0.1) is 0 Å². The molecule has 0 fully saturated rings. The van der Waals surface area contributed by atoms with Crippen molar-refractivity contribution in [1.82, 2.24) is 0 Å². The fraction of sp³-hybridized carbons (Fsp3) is 0.500. The van der Waals surface area contributed by atoms with Crippen LogP contribution in [0, 0.1) is 0 Å². The molecule has 2 aliphatic carbocycles. The van der Waals surface area contributed by atoms with E-state index in [1.54, 1.807) is 6.56 Å². The van der Waals surface area contributed by atoms with Crippen molar-refractivity contribution in [1.29, 1.82) is 0 Å². The Hall–Kier alpha value is -2.12. The summed E-state index contributed by atoms with van der Waals surface area (Å²) >= 11 is -1.10. The fourth-order valence-corrected chi connectivity index (χ4v) is 9.72. The van der Waals surface area contributed by atoms with Gasteiger partial charge in [-0.3, -0.25) is 0 Å². The van der Waals surface area contributed by atoms with Crippen LogP contribution in [0.5, 0.6) is 11.5 Å². The number of hydrogen-bond acceptors (Lipinski definition) is 2.